The molecule has 0 fully saturated rings. The topological polar surface area (TPSA) is 137 Å². The summed E-state index contributed by atoms with van der Waals surface area (Å²) in [4.78, 5) is 7.95. The molecular formula is C18H13N7OS. The van der Waals surface area contributed by atoms with Crippen molar-refractivity contribution in [2.45, 2.75) is 6.61 Å². The maximum absolute atomic E-state index is 9.29. The molecule has 9 heteroatoms. The van der Waals surface area contributed by atoms with Crippen LogP contribution in [-0.2, 0) is 6.61 Å². The third-order valence-corrected chi connectivity index (χ3v) is 4.47. The van der Waals surface area contributed by atoms with E-state index in [-0.39, 0.29) is 17.3 Å². The Morgan fingerprint density at radius 3 is 2.56 bits per heavy atom. The first-order valence-corrected chi connectivity index (χ1v) is 8.64. The SMILES string of the molecule is N#Cc1c(N)nc(N)nc1-c1ccc(OCc2ccc3nsnc3c2)cc1. The van der Waals surface area contributed by atoms with Gasteiger partial charge in [0.2, 0.25) is 5.95 Å². The van der Waals surface area contributed by atoms with Crippen LogP contribution < -0.4 is 16.2 Å². The number of nitrogens with two attached hydrogens (primary N) is 2. The Balaban J connectivity index is 1.53. The number of nitrogen functional groups attached to an aromatic ring is 2. The van der Waals surface area contributed by atoms with Gasteiger partial charge in [-0.2, -0.15) is 19.0 Å². The predicted octanol–water partition coefficient (Wildman–Crippen LogP) is 2.76. The van der Waals surface area contributed by atoms with Crippen molar-refractivity contribution >= 4 is 34.5 Å². The van der Waals surface area contributed by atoms with Gasteiger partial charge < -0.3 is 16.2 Å². The van der Waals surface area contributed by atoms with E-state index in [9.17, 15) is 5.26 Å². The molecule has 4 aromatic rings. The maximum Gasteiger partial charge on any atom is 0.222 e. The number of rotatable bonds is 4. The zero-order chi connectivity index (χ0) is 18.8. The molecule has 4 rings (SSSR count). The normalized spacial score (nSPS) is 10.6. The summed E-state index contributed by atoms with van der Waals surface area (Å²) < 4.78 is 14.2. The lowest BCUT2D eigenvalue weighted by atomic mass is 10.1. The van der Waals surface area contributed by atoms with Gasteiger partial charge in [-0.05, 0) is 42.0 Å². The Bertz CT molecular complexity index is 1160. The van der Waals surface area contributed by atoms with Gasteiger partial charge in [-0.1, -0.05) is 6.07 Å². The van der Waals surface area contributed by atoms with Gasteiger partial charge >= 0.3 is 0 Å². The molecule has 0 unspecified atom stereocenters. The third-order valence-electron chi connectivity index (χ3n) is 3.92. The Morgan fingerprint density at radius 2 is 1.78 bits per heavy atom. The standard InChI is InChI=1S/C18H13N7OS/c19-8-13-16(22-18(21)23-17(13)20)11-2-4-12(5-3-11)26-9-10-1-6-14-15(7-10)25-27-24-14/h1-7H,9H2,(H4,20,21,22,23). The first-order valence-electron chi connectivity index (χ1n) is 7.91. The molecule has 0 bridgehead atoms. The molecule has 0 aliphatic heterocycles. The van der Waals surface area contributed by atoms with E-state index < -0.39 is 0 Å². The molecule has 0 saturated heterocycles. The van der Waals surface area contributed by atoms with E-state index in [1.54, 1.807) is 24.3 Å². The quantitative estimate of drug-likeness (QED) is 0.555. The number of benzene rings is 2. The lowest BCUT2D eigenvalue weighted by molar-refractivity contribution is 0.306. The second-order valence-electron chi connectivity index (χ2n) is 5.70. The lowest BCUT2D eigenvalue weighted by Crippen LogP contribution is -2.05. The third kappa shape index (κ3) is 3.33. The molecule has 0 aliphatic carbocycles. The number of fused-ring (bicyclic) bond motifs is 1. The van der Waals surface area contributed by atoms with Crippen molar-refractivity contribution in [3.63, 3.8) is 0 Å². The molecule has 2 heterocycles. The van der Waals surface area contributed by atoms with Crippen molar-refractivity contribution < 1.29 is 4.74 Å². The minimum atomic E-state index is 0.0220. The van der Waals surface area contributed by atoms with E-state index in [0.717, 1.165) is 16.6 Å². The van der Waals surface area contributed by atoms with Gasteiger partial charge in [0.1, 0.15) is 40.8 Å². The monoisotopic (exact) mass is 375 g/mol. The van der Waals surface area contributed by atoms with E-state index in [0.29, 0.717) is 23.6 Å². The number of anilines is 2. The highest BCUT2D eigenvalue weighted by Gasteiger charge is 2.13. The van der Waals surface area contributed by atoms with Crippen LogP contribution in [0.25, 0.3) is 22.3 Å². The summed E-state index contributed by atoms with van der Waals surface area (Å²) in [5.41, 5.74) is 15.4. The molecule has 0 radical (unpaired) electrons. The van der Waals surface area contributed by atoms with Crippen LogP contribution in [0, 0.1) is 11.3 Å². The van der Waals surface area contributed by atoms with Crippen LogP contribution >= 0.6 is 11.7 Å². The molecule has 0 aliphatic rings. The van der Waals surface area contributed by atoms with Crippen molar-refractivity contribution in [3.8, 4) is 23.1 Å². The zero-order valence-corrected chi connectivity index (χ0v) is 14.8. The van der Waals surface area contributed by atoms with Crippen molar-refractivity contribution in [1.82, 2.24) is 18.7 Å². The molecule has 0 amide bonds. The van der Waals surface area contributed by atoms with E-state index in [1.807, 2.05) is 24.3 Å². The molecule has 27 heavy (non-hydrogen) atoms. The summed E-state index contributed by atoms with van der Waals surface area (Å²) >= 11 is 1.19. The average Bonchev–Trinajstić information content (AvgIpc) is 3.14. The van der Waals surface area contributed by atoms with Gasteiger partial charge in [-0.25, -0.2) is 4.98 Å². The number of hydrogen-bond acceptors (Lipinski definition) is 9. The van der Waals surface area contributed by atoms with Crippen LogP contribution in [0.15, 0.2) is 42.5 Å². The average molecular weight is 375 g/mol. The fraction of sp³-hybridized carbons (Fsp3) is 0.0556. The molecule has 0 saturated carbocycles. The molecule has 0 atom stereocenters. The molecule has 2 aromatic heterocycles. The Hall–Kier alpha value is -3.77. The second-order valence-corrected chi connectivity index (χ2v) is 6.23. The number of aromatic nitrogens is 4. The number of ether oxygens (including phenoxy) is 1. The van der Waals surface area contributed by atoms with Gasteiger partial charge in [0.15, 0.2) is 0 Å². The molecule has 0 spiro atoms. The van der Waals surface area contributed by atoms with Gasteiger partial charge in [-0.15, -0.1) is 0 Å². The van der Waals surface area contributed by atoms with Crippen LogP contribution in [0.5, 0.6) is 5.75 Å². The predicted molar refractivity (Wildman–Crippen MR) is 103 cm³/mol. The highest BCUT2D eigenvalue weighted by Crippen LogP contribution is 2.27. The summed E-state index contributed by atoms with van der Waals surface area (Å²) in [6, 6.07) is 15.1. The van der Waals surface area contributed by atoms with E-state index in [2.05, 4.69) is 18.7 Å². The van der Waals surface area contributed by atoms with Gasteiger partial charge in [0.05, 0.1) is 17.4 Å². The van der Waals surface area contributed by atoms with E-state index >= 15 is 0 Å². The van der Waals surface area contributed by atoms with E-state index in [1.165, 1.54) is 11.7 Å². The molecule has 4 N–H and O–H groups in total. The van der Waals surface area contributed by atoms with Crippen LogP contribution in [0.2, 0.25) is 0 Å². The first-order chi connectivity index (χ1) is 13.1. The molecular weight excluding hydrogens is 362 g/mol. The molecule has 132 valence electrons. The maximum atomic E-state index is 9.29. The highest BCUT2D eigenvalue weighted by atomic mass is 32.1. The zero-order valence-electron chi connectivity index (χ0n) is 14.0. The summed E-state index contributed by atoms with van der Waals surface area (Å²) in [7, 11) is 0. The fourth-order valence-electron chi connectivity index (χ4n) is 2.61. The van der Waals surface area contributed by atoms with Crippen molar-refractivity contribution in [1.29, 1.82) is 5.26 Å². The van der Waals surface area contributed by atoms with Crippen LogP contribution in [-0.4, -0.2) is 18.7 Å². The summed E-state index contributed by atoms with van der Waals surface area (Å²) in [6.45, 7) is 0.406. The van der Waals surface area contributed by atoms with Crippen LogP contribution in [0.3, 0.4) is 0 Å². The summed E-state index contributed by atoms with van der Waals surface area (Å²) in [6.07, 6.45) is 0. The Labute approximate surface area is 158 Å². The second kappa shape index (κ2) is 6.86. The minimum absolute atomic E-state index is 0.0220. The van der Waals surface area contributed by atoms with Crippen molar-refractivity contribution in [2.75, 3.05) is 11.5 Å². The number of nitrogens with zero attached hydrogens (tertiary/aromatic N) is 5. The highest BCUT2D eigenvalue weighted by molar-refractivity contribution is 7.00. The number of nitriles is 1. The van der Waals surface area contributed by atoms with Crippen molar-refractivity contribution in [2.24, 2.45) is 0 Å². The first kappa shape index (κ1) is 16.7. The van der Waals surface area contributed by atoms with Gasteiger partial charge in [0.25, 0.3) is 0 Å². The van der Waals surface area contributed by atoms with Gasteiger partial charge in [0, 0.05) is 5.56 Å². The fourth-order valence-corrected chi connectivity index (χ4v) is 3.13. The Kier molecular flexibility index (Phi) is 4.24. The smallest absolute Gasteiger partial charge is 0.222 e. The van der Waals surface area contributed by atoms with E-state index in [4.69, 9.17) is 16.2 Å². The molecule has 8 nitrogen and oxygen atoms in total. The van der Waals surface area contributed by atoms with Gasteiger partial charge in [-0.3, -0.25) is 0 Å². The Morgan fingerprint density at radius 1 is 1.00 bits per heavy atom. The minimum Gasteiger partial charge on any atom is -0.489 e. The molecule has 2 aromatic carbocycles. The summed E-state index contributed by atoms with van der Waals surface area (Å²) in [5.74, 6) is 0.768. The van der Waals surface area contributed by atoms with Crippen LogP contribution in [0.1, 0.15) is 11.1 Å². The summed E-state index contributed by atoms with van der Waals surface area (Å²) in [5, 5.41) is 9.29. The largest absolute Gasteiger partial charge is 0.489 e. The lowest BCUT2D eigenvalue weighted by Gasteiger charge is -2.09. The number of hydrogen-bond donors (Lipinski definition) is 2. The van der Waals surface area contributed by atoms with Crippen LogP contribution in [0.4, 0.5) is 11.8 Å². The van der Waals surface area contributed by atoms with Crippen molar-refractivity contribution in [3.05, 3.63) is 53.6 Å².